The van der Waals surface area contributed by atoms with Gasteiger partial charge in [-0.25, -0.2) is 13.9 Å². The van der Waals surface area contributed by atoms with Gasteiger partial charge in [-0.2, -0.15) is 4.31 Å². The predicted octanol–water partition coefficient (Wildman–Crippen LogP) is 1.69. The lowest BCUT2D eigenvalue weighted by Gasteiger charge is -2.22. The number of fused-ring (bicyclic) bond motifs is 1. The van der Waals surface area contributed by atoms with E-state index in [1.54, 1.807) is 13.8 Å². The third kappa shape index (κ3) is 7.33. The Balaban J connectivity index is 1.48. The van der Waals surface area contributed by atoms with Crippen molar-refractivity contribution in [3.05, 3.63) is 69.0 Å². The van der Waals surface area contributed by atoms with E-state index >= 15 is 0 Å². The number of phosphoric ester groups is 2. The summed E-state index contributed by atoms with van der Waals surface area (Å²) in [5.41, 5.74) is -0.437. The number of rotatable bonds is 11. The van der Waals surface area contributed by atoms with Gasteiger partial charge in [0.1, 0.15) is 18.3 Å². The van der Waals surface area contributed by atoms with E-state index in [1.165, 1.54) is 6.20 Å². The number of phosphoric acid groups is 2. The molecule has 2 aliphatic heterocycles. The molecule has 3 N–H and O–H groups in total. The van der Waals surface area contributed by atoms with Crippen LogP contribution in [0.3, 0.4) is 0 Å². The van der Waals surface area contributed by atoms with Crippen molar-refractivity contribution >= 4 is 15.6 Å². The molecule has 2 fully saturated rings. The summed E-state index contributed by atoms with van der Waals surface area (Å²) >= 11 is 0. The van der Waals surface area contributed by atoms with E-state index in [1.807, 2.05) is 30.3 Å². The van der Waals surface area contributed by atoms with E-state index in [9.17, 15) is 28.5 Å². The average molecular weight is 562 g/mol. The quantitative estimate of drug-likeness (QED) is 0.337. The molecule has 14 nitrogen and oxygen atoms in total. The van der Waals surface area contributed by atoms with Gasteiger partial charge in [0.25, 0.3) is 5.56 Å². The van der Waals surface area contributed by atoms with E-state index in [4.69, 9.17) is 18.7 Å². The molecule has 0 radical (unpaired) electrons. The van der Waals surface area contributed by atoms with Gasteiger partial charge < -0.3 is 24.0 Å². The lowest BCUT2D eigenvalue weighted by Crippen LogP contribution is -2.36. The molecule has 4 rings (SSSR count). The van der Waals surface area contributed by atoms with Crippen molar-refractivity contribution in [3.8, 4) is 0 Å². The number of hydrogen-bond donors (Lipinski definition) is 3. The fraction of sp³-hybridized carbons (Fsp3) is 0.524. The van der Waals surface area contributed by atoms with Crippen molar-refractivity contribution in [2.24, 2.45) is 5.92 Å². The van der Waals surface area contributed by atoms with Gasteiger partial charge in [0, 0.05) is 18.7 Å². The Labute approximate surface area is 211 Å². The number of hydrogen-bond acceptors (Lipinski definition) is 10. The van der Waals surface area contributed by atoms with Crippen LogP contribution in [-0.4, -0.2) is 57.2 Å². The van der Waals surface area contributed by atoms with E-state index < -0.39 is 64.3 Å². The number of nitrogens with one attached hydrogen (secondary N) is 1. The molecule has 7 atom stereocenters. The minimum absolute atomic E-state index is 0.136. The zero-order valence-corrected chi connectivity index (χ0v) is 21.7. The normalized spacial score (nSPS) is 28.6. The number of aromatic amines is 1. The molecule has 0 aliphatic carbocycles. The van der Waals surface area contributed by atoms with Gasteiger partial charge in [0.2, 0.25) is 0 Å². The molecule has 1 aromatic heterocycles. The Morgan fingerprint density at radius 3 is 2.35 bits per heavy atom. The average Bonchev–Trinajstić information content (AvgIpc) is 3.36. The minimum atomic E-state index is -5.07. The second-order valence-corrected chi connectivity index (χ2v) is 12.0. The van der Waals surface area contributed by atoms with Gasteiger partial charge in [-0.05, 0) is 11.5 Å². The van der Waals surface area contributed by atoms with Crippen LogP contribution in [0.1, 0.15) is 25.6 Å². The van der Waals surface area contributed by atoms with Crippen molar-refractivity contribution in [3.63, 3.8) is 0 Å². The van der Waals surface area contributed by atoms with Crippen LogP contribution in [0.15, 0.2) is 52.2 Å². The third-order valence-corrected chi connectivity index (χ3v) is 8.05. The zero-order chi connectivity index (χ0) is 26.8. The monoisotopic (exact) mass is 562 g/mol. The first-order valence-corrected chi connectivity index (χ1v) is 14.4. The minimum Gasteiger partial charge on any atom is -0.346 e. The lowest BCUT2D eigenvalue weighted by atomic mass is 10.1. The number of nitrogens with zero attached hydrogens (tertiary/aromatic N) is 1. The Kier molecular flexibility index (Phi) is 8.66. The van der Waals surface area contributed by atoms with E-state index in [0.717, 1.165) is 16.2 Å². The van der Waals surface area contributed by atoms with Crippen LogP contribution in [0, 0.1) is 5.92 Å². The largest absolute Gasteiger partial charge is 0.481 e. The summed E-state index contributed by atoms with van der Waals surface area (Å²) in [6.07, 6.45) is -2.94. The smallest absolute Gasteiger partial charge is 0.346 e. The first-order chi connectivity index (χ1) is 17.4. The maximum absolute atomic E-state index is 12.4. The molecule has 204 valence electrons. The maximum atomic E-state index is 12.4. The van der Waals surface area contributed by atoms with Gasteiger partial charge in [-0.1, -0.05) is 44.2 Å². The van der Waals surface area contributed by atoms with Gasteiger partial charge >= 0.3 is 21.3 Å². The first kappa shape index (κ1) is 28.1. The maximum Gasteiger partial charge on any atom is 0.481 e. The molecular weight excluding hydrogens is 534 g/mol. The fourth-order valence-electron chi connectivity index (χ4n) is 3.88. The lowest BCUT2D eigenvalue weighted by molar-refractivity contribution is -0.150. The molecule has 2 aliphatic rings. The standard InChI is InChI=1S/C21H28N2O12P2/c1-13(2)11-30-36(26,27)35-37(28,29)31-12-15-18-19(20(32-15)23-9-8-16(24)22-21(23)25)34-17(33-18)10-14-6-4-3-5-7-14/h3-9,13,15,17-20H,10-12H2,1-2H3,(H,26,27)(H,28,29)(H,22,24,25). The second-order valence-electron chi connectivity index (χ2n) is 8.91. The Bertz CT molecular complexity index is 1280. The van der Waals surface area contributed by atoms with E-state index in [-0.39, 0.29) is 12.5 Å². The van der Waals surface area contributed by atoms with Gasteiger partial charge in [-0.15, -0.1) is 0 Å². The summed E-state index contributed by atoms with van der Waals surface area (Å²) in [5, 5.41) is 0. The van der Waals surface area contributed by atoms with Crippen LogP contribution in [0.5, 0.6) is 0 Å². The van der Waals surface area contributed by atoms with Crippen LogP contribution >= 0.6 is 15.6 Å². The van der Waals surface area contributed by atoms with Crippen LogP contribution in [0.25, 0.3) is 0 Å². The molecule has 16 heteroatoms. The van der Waals surface area contributed by atoms with Crippen molar-refractivity contribution < 1.29 is 46.5 Å². The van der Waals surface area contributed by atoms with E-state index in [2.05, 4.69) is 13.8 Å². The fourth-order valence-corrected chi connectivity index (χ4v) is 6.12. The van der Waals surface area contributed by atoms with Gasteiger partial charge in [0.15, 0.2) is 12.5 Å². The third-order valence-electron chi connectivity index (χ3n) is 5.45. The molecule has 2 saturated heterocycles. The highest BCUT2D eigenvalue weighted by atomic mass is 31.3. The topological polar surface area (TPSA) is 185 Å². The Hall–Kier alpha value is -1.96. The number of benzene rings is 1. The zero-order valence-electron chi connectivity index (χ0n) is 19.9. The van der Waals surface area contributed by atoms with Crippen molar-refractivity contribution in [2.45, 2.75) is 51.1 Å². The van der Waals surface area contributed by atoms with Crippen LogP contribution in [-0.2, 0) is 43.1 Å². The number of ether oxygens (including phenoxy) is 3. The van der Waals surface area contributed by atoms with Crippen molar-refractivity contribution in [1.82, 2.24) is 9.55 Å². The van der Waals surface area contributed by atoms with E-state index in [0.29, 0.717) is 6.42 Å². The number of aromatic nitrogens is 2. The summed E-state index contributed by atoms with van der Waals surface area (Å²) in [6, 6.07) is 10.5. The van der Waals surface area contributed by atoms with Crippen LogP contribution < -0.4 is 11.2 Å². The van der Waals surface area contributed by atoms with Crippen molar-refractivity contribution in [2.75, 3.05) is 13.2 Å². The molecule has 37 heavy (non-hydrogen) atoms. The Morgan fingerprint density at radius 1 is 1.00 bits per heavy atom. The molecule has 0 spiro atoms. The predicted molar refractivity (Wildman–Crippen MR) is 126 cm³/mol. The molecule has 0 saturated carbocycles. The van der Waals surface area contributed by atoms with Gasteiger partial charge in [-0.3, -0.25) is 23.4 Å². The van der Waals surface area contributed by atoms with Crippen molar-refractivity contribution in [1.29, 1.82) is 0 Å². The molecule has 0 amide bonds. The molecule has 7 unspecified atom stereocenters. The summed E-state index contributed by atoms with van der Waals surface area (Å²) < 4.78 is 57.2. The number of H-pyrrole nitrogens is 1. The highest BCUT2D eigenvalue weighted by Gasteiger charge is 2.54. The summed E-state index contributed by atoms with van der Waals surface area (Å²) in [6.45, 7) is 2.62. The molecule has 2 aromatic rings. The molecule has 1 aromatic carbocycles. The second kappa shape index (κ2) is 11.4. The van der Waals surface area contributed by atoms with Gasteiger partial charge in [0.05, 0.1) is 13.2 Å². The highest BCUT2D eigenvalue weighted by Crippen LogP contribution is 2.60. The molecule has 3 heterocycles. The highest BCUT2D eigenvalue weighted by molar-refractivity contribution is 7.61. The molecule has 0 bridgehead atoms. The first-order valence-electron chi connectivity index (χ1n) is 11.4. The summed E-state index contributed by atoms with van der Waals surface area (Å²) in [4.78, 5) is 45.7. The van der Waals surface area contributed by atoms with Crippen LogP contribution in [0.4, 0.5) is 0 Å². The molecular formula is C21H28N2O12P2. The summed E-state index contributed by atoms with van der Waals surface area (Å²) in [5.74, 6) is -0.136. The SMILES string of the molecule is CC(C)COP(=O)(O)OP(=O)(O)OCC1OC(n2ccc(=O)[nH]c2=O)C2OC(Cc3ccccc3)OC12. The summed E-state index contributed by atoms with van der Waals surface area (Å²) in [7, 11) is -9.96. The van der Waals surface area contributed by atoms with Crippen LogP contribution in [0.2, 0.25) is 0 Å². The Morgan fingerprint density at radius 2 is 1.68 bits per heavy atom.